The normalized spacial score (nSPS) is 14.9. The molecule has 1 aliphatic rings. The Balaban J connectivity index is 1.47. The van der Waals surface area contributed by atoms with Gasteiger partial charge in [0.25, 0.3) is 0 Å². The van der Waals surface area contributed by atoms with E-state index in [4.69, 9.17) is 0 Å². The Hall–Kier alpha value is -2.73. The standard InChI is InChI=1S/C22H28N4O2/c27-21(12-11-18-8-3-4-13-23-18)24-19-9-7-10-20(16-19)25-22(28)17-26-14-5-1-2-6-15-26/h3-4,7-10,13,16H,1-2,5-6,11-12,14-15,17H2,(H,24,27)(H,25,28). The number of hydrogen-bond donors (Lipinski definition) is 2. The molecule has 1 aliphatic heterocycles. The molecule has 2 amide bonds. The Kier molecular flexibility index (Phi) is 7.55. The quantitative estimate of drug-likeness (QED) is 0.771. The second kappa shape index (κ2) is 10.6. The summed E-state index contributed by atoms with van der Waals surface area (Å²) in [6.07, 6.45) is 7.51. The van der Waals surface area contributed by atoms with E-state index in [1.807, 2.05) is 36.4 Å². The lowest BCUT2D eigenvalue weighted by molar-refractivity contribution is -0.117. The molecule has 0 unspecified atom stereocenters. The predicted octanol–water partition coefficient (Wildman–Crippen LogP) is 3.47. The second-order valence-corrected chi connectivity index (χ2v) is 7.19. The molecule has 0 radical (unpaired) electrons. The van der Waals surface area contributed by atoms with Crippen LogP contribution in [0.5, 0.6) is 0 Å². The number of anilines is 2. The number of likely N-dealkylation sites (tertiary alicyclic amines) is 1. The maximum Gasteiger partial charge on any atom is 0.238 e. The van der Waals surface area contributed by atoms with Gasteiger partial charge in [-0.05, 0) is 62.7 Å². The van der Waals surface area contributed by atoms with E-state index in [2.05, 4.69) is 20.5 Å². The predicted molar refractivity (Wildman–Crippen MR) is 111 cm³/mol. The summed E-state index contributed by atoms with van der Waals surface area (Å²) >= 11 is 0. The lowest BCUT2D eigenvalue weighted by atomic mass is 10.2. The molecule has 6 heteroatoms. The molecule has 1 aromatic carbocycles. The SMILES string of the molecule is O=C(CCc1ccccn1)Nc1cccc(NC(=O)CN2CCCCCC2)c1. The minimum absolute atomic E-state index is 0.0134. The number of nitrogens with one attached hydrogen (secondary N) is 2. The summed E-state index contributed by atoms with van der Waals surface area (Å²) < 4.78 is 0. The number of amides is 2. The van der Waals surface area contributed by atoms with Crippen molar-refractivity contribution in [2.24, 2.45) is 0 Å². The average molecular weight is 380 g/mol. The number of carbonyl (C=O) groups is 2. The highest BCUT2D eigenvalue weighted by Crippen LogP contribution is 2.16. The van der Waals surface area contributed by atoms with Crippen LogP contribution in [0.25, 0.3) is 0 Å². The van der Waals surface area contributed by atoms with Gasteiger partial charge >= 0.3 is 0 Å². The van der Waals surface area contributed by atoms with E-state index in [0.29, 0.717) is 30.8 Å². The first-order valence-electron chi connectivity index (χ1n) is 10.0. The highest BCUT2D eigenvalue weighted by atomic mass is 16.2. The van der Waals surface area contributed by atoms with Crippen LogP contribution in [0.2, 0.25) is 0 Å². The van der Waals surface area contributed by atoms with Gasteiger partial charge in [-0.2, -0.15) is 0 Å². The van der Waals surface area contributed by atoms with Gasteiger partial charge < -0.3 is 10.6 Å². The summed E-state index contributed by atoms with van der Waals surface area (Å²) in [5.74, 6) is -0.0841. The van der Waals surface area contributed by atoms with E-state index < -0.39 is 0 Å². The fourth-order valence-electron chi connectivity index (χ4n) is 3.38. The van der Waals surface area contributed by atoms with E-state index in [9.17, 15) is 9.59 Å². The van der Waals surface area contributed by atoms with Crippen molar-refractivity contribution < 1.29 is 9.59 Å². The number of aromatic nitrogens is 1. The van der Waals surface area contributed by atoms with E-state index >= 15 is 0 Å². The minimum atomic E-state index is -0.0707. The van der Waals surface area contributed by atoms with Crippen molar-refractivity contribution in [2.45, 2.75) is 38.5 Å². The zero-order chi connectivity index (χ0) is 19.6. The third kappa shape index (κ3) is 6.78. The van der Waals surface area contributed by atoms with Crippen molar-refractivity contribution in [3.8, 4) is 0 Å². The lowest BCUT2D eigenvalue weighted by Crippen LogP contribution is -2.33. The van der Waals surface area contributed by atoms with E-state index in [1.54, 1.807) is 12.3 Å². The van der Waals surface area contributed by atoms with Crippen molar-refractivity contribution in [2.75, 3.05) is 30.3 Å². The number of rotatable bonds is 7. The third-order valence-electron chi connectivity index (χ3n) is 4.83. The van der Waals surface area contributed by atoms with Gasteiger partial charge in [0.2, 0.25) is 11.8 Å². The van der Waals surface area contributed by atoms with Gasteiger partial charge in [-0.3, -0.25) is 19.5 Å². The van der Waals surface area contributed by atoms with Crippen LogP contribution in [0.1, 0.15) is 37.8 Å². The zero-order valence-electron chi connectivity index (χ0n) is 16.2. The number of nitrogens with zero attached hydrogens (tertiary/aromatic N) is 2. The largest absolute Gasteiger partial charge is 0.326 e. The number of pyridine rings is 1. The van der Waals surface area contributed by atoms with Crippen molar-refractivity contribution >= 4 is 23.2 Å². The summed E-state index contributed by atoms with van der Waals surface area (Å²) in [4.78, 5) is 31.0. The highest BCUT2D eigenvalue weighted by molar-refractivity contribution is 5.94. The lowest BCUT2D eigenvalue weighted by Gasteiger charge is -2.19. The Morgan fingerprint density at radius 3 is 2.29 bits per heavy atom. The van der Waals surface area contributed by atoms with Crippen LogP contribution in [0.3, 0.4) is 0 Å². The number of carbonyl (C=O) groups excluding carboxylic acids is 2. The molecular weight excluding hydrogens is 352 g/mol. The van der Waals surface area contributed by atoms with Gasteiger partial charge in [0.1, 0.15) is 0 Å². The molecule has 1 fully saturated rings. The first-order valence-corrected chi connectivity index (χ1v) is 10.0. The zero-order valence-corrected chi connectivity index (χ0v) is 16.2. The average Bonchev–Trinajstić information content (AvgIpc) is 2.96. The van der Waals surface area contributed by atoms with E-state index in [-0.39, 0.29) is 11.8 Å². The van der Waals surface area contributed by atoms with E-state index in [0.717, 1.165) is 31.6 Å². The van der Waals surface area contributed by atoms with Gasteiger partial charge in [0.05, 0.1) is 6.54 Å². The fraction of sp³-hybridized carbons (Fsp3) is 0.409. The van der Waals surface area contributed by atoms with Gasteiger partial charge in [-0.15, -0.1) is 0 Å². The molecule has 2 aromatic rings. The molecule has 1 saturated heterocycles. The Morgan fingerprint density at radius 2 is 1.61 bits per heavy atom. The van der Waals surface area contributed by atoms with Crippen LogP contribution < -0.4 is 10.6 Å². The monoisotopic (exact) mass is 380 g/mol. The van der Waals surface area contributed by atoms with Gasteiger partial charge in [-0.1, -0.05) is 25.0 Å². The van der Waals surface area contributed by atoms with Crippen molar-refractivity contribution in [3.63, 3.8) is 0 Å². The van der Waals surface area contributed by atoms with Crippen LogP contribution in [0.4, 0.5) is 11.4 Å². The first-order chi connectivity index (χ1) is 13.7. The van der Waals surface area contributed by atoms with Crippen LogP contribution in [-0.2, 0) is 16.0 Å². The molecule has 0 atom stereocenters. The molecule has 28 heavy (non-hydrogen) atoms. The molecular formula is C22H28N4O2. The molecule has 6 nitrogen and oxygen atoms in total. The molecule has 0 bridgehead atoms. The third-order valence-corrected chi connectivity index (χ3v) is 4.83. The van der Waals surface area contributed by atoms with Crippen LogP contribution in [0, 0.1) is 0 Å². The molecule has 0 spiro atoms. The van der Waals surface area contributed by atoms with Gasteiger partial charge in [0.15, 0.2) is 0 Å². The maximum atomic E-state index is 12.3. The number of benzene rings is 1. The number of aryl methyl sites for hydroxylation is 1. The fourth-order valence-corrected chi connectivity index (χ4v) is 3.38. The van der Waals surface area contributed by atoms with Crippen molar-refractivity contribution in [3.05, 3.63) is 54.4 Å². The second-order valence-electron chi connectivity index (χ2n) is 7.19. The maximum absolute atomic E-state index is 12.3. The first kappa shape index (κ1) is 20.0. The summed E-state index contributed by atoms with van der Waals surface area (Å²) in [6.45, 7) is 2.39. The van der Waals surface area contributed by atoms with Crippen LogP contribution in [-0.4, -0.2) is 41.3 Å². The summed E-state index contributed by atoms with van der Waals surface area (Å²) in [7, 11) is 0. The Morgan fingerprint density at radius 1 is 0.893 bits per heavy atom. The molecule has 0 saturated carbocycles. The van der Waals surface area contributed by atoms with Crippen molar-refractivity contribution in [1.82, 2.24) is 9.88 Å². The molecule has 148 valence electrons. The van der Waals surface area contributed by atoms with Gasteiger partial charge in [0, 0.05) is 29.7 Å². The molecule has 2 heterocycles. The number of hydrogen-bond acceptors (Lipinski definition) is 4. The highest BCUT2D eigenvalue weighted by Gasteiger charge is 2.13. The topological polar surface area (TPSA) is 74.3 Å². The molecule has 3 rings (SSSR count). The smallest absolute Gasteiger partial charge is 0.238 e. The molecule has 2 N–H and O–H groups in total. The van der Waals surface area contributed by atoms with Crippen molar-refractivity contribution in [1.29, 1.82) is 0 Å². The summed E-state index contributed by atoms with van der Waals surface area (Å²) in [5, 5.41) is 5.83. The minimum Gasteiger partial charge on any atom is -0.326 e. The summed E-state index contributed by atoms with van der Waals surface area (Å²) in [5.41, 5.74) is 2.27. The van der Waals surface area contributed by atoms with Gasteiger partial charge in [-0.25, -0.2) is 0 Å². The molecule has 0 aliphatic carbocycles. The van der Waals surface area contributed by atoms with Crippen LogP contribution in [0.15, 0.2) is 48.7 Å². The van der Waals surface area contributed by atoms with E-state index in [1.165, 1.54) is 12.8 Å². The Bertz CT molecular complexity index is 771. The summed E-state index contributed by atoms with van der Waals surface area (Å²) in [6, 6.07) is 13.0. The molecule has 1 aromatic heterocycles. The van der Waals surface area contributed by atoms with Crippen LogP contribution >= 0.6 is 0 Å². The Labute approximate surface area is 166 Å².